The van der Waals surface area contributed by atoms with Crippen LogP contribution in [0.5, 0.6) is 0 Å². The van der Waals surface area contributed by atoms with Crippen molar-refractivity contribution in [3.63, 3.8) is 0 Å². The average molecular weight is 270 g/mol. The van der Waals surface area contributed by atoms with Gasteiger partial charge in [0.1, 0.15) is 0 Å². The Kier molecular flexibility index (Phi) is 4.29. The van der Waals surface area contributed by atoms with Crippen LogP contribution in [0.1, 0.15) is 38.5 Å². The number of rotatable bonds is 4. The Hall–Kier alpha value is -1.30. The molecular weight excluding hydrogens is 248 g/mol. The third kappa shape index (κ3) is 2.83. The van der Waals surface area contributed by atoms with Gasteiger partial charge in [-0.15, -0.1) is 0 Å². The summed E-state index contributed by atoms with van der Waals surface area (Å²) in [4.78, 5) is 25.0. The Balaban J connectivity index is 1.90. The molecule has 2 aliphatic rings. The third-order valence-corrected chi connectivity index (χ3v) is 4.44. The lowest BCUT2D eigenvalue weighted by Gasteiger charge is -2.28. The number of urea groups is 1. The molecule has 2 fully saturated rings. The number of nitrogens with zero attached hydrogens (tertiary/aromatic N) is 1. The van der Waals surface area contributed by atoms with E-state index in [-0.39, 0.29) is 25.2 Å². The van der Waals surface area contributed by atoms with Gasteiger partial charge < -0.3 is 20.4 Å². The first-order valence-electron chi connectivity index (χ1n) is 6.98. The summed E-state index contributed by atoms with van der Waals surface area (Å²) in [7, 11) is 0. The van der Waals surface area contributed by atoms with Crippen LogP contribution in [0.2, 0.25) is 0 Å². The third-order valence-electron chi connectivity index (χ3n) is 4.44. The fourth-order valence-corrected chi connectivity index (χ4v) is 3.16. The molecule has 6 heteroatoms. The zero-order chi connectivity index (χ0) is 13.9. The summed E-state index contributed by atoms with van der Waals surface area (Å²) in [5, 5.41) is 21.3. The summed E-state index contributed by atoms with van der Waals surface area (Å²) in [6.07, 6.45) is 4.78. The molecule has 0 aromatic heterocycles. The van der Waals surface area contributed by atoms with E-state index >= 15 is 0 Å². The minimum atomic E-state index is -0.814. The van der Waals surface area contributed by atoms with E-state index in [1.165, 1.54) is 0 Å². The van der Waals surface area contributed by atoms with E-state index in [2.05, 4.69) is 5.32 Å². The van der Waals surface area contributed by atoms with Crippen LogP contribution in [0, 0.1) is 5.41 Å². The molecule has 1 aliphatic heterocycles. The monoisotopic (exact) mass is 270 g/mol. The van der Waals surface area contributed by atoms with Crippen molar-refractivity contribution < 1.29 is 19.8 Å². The van der Waals surface area contributed by atoms with E-state index in [0.717, 1.165) is 25.7 Å². The van der Waals surface area contributed by atoms with Crippen molar-refractivity contribution in [3.8, 4) is 0 Å². The quantitative estimate of drug-likeness (QED) is 0.704. The highest BCUT2D eigenvalue weighted by Gasteiger charge is 2.42. The predicted molar refractivity (Wildman–Crippen MR) is 68.7 cm³/mol. The number of carboxylic acids is 1. The van der Waals surface area contributed by atoms with E-state index in [9.17, 15) is 19.8 Å². The van der Waals surface area contributed by atoms with Crippen molar-refractivity contribution >= 4 is 12.0 Å². The number of hydrogen-bond donors (Lipinski definition) is 3. The molecule has 3 N–H and O–H groups in total. The second-order valence-corrected chi connectivity index (χ2v) is 5.62. The standard InChI is InChI=1S/C13H22N2O4/c16-8-10-4-3-7-15(10)12(19)14-9-13(11(17)18)5-1-2-6-13/h10,16H,1-9H2,(H,14,19)(H,17,18). The van der Waals surface area contributed by atoms with Crippen LogP contribution in [-0.2, 0) is 4.79 Å². The number of carbonyl (C=O) groups excluding carboxylic acids is 1. The Morgan fingerprint density at radius 3 is 2.53 bits per heavy atom. The van der Waals surface area contributed by atoms with Gasteiger partial charge in [0.15, 0.2) is 0 Å². The van der Waals surface area contributed by atoms with Crippen LogP contribution in [0.15, 0.2) is 0 Å². The van der Waals surface area contributed by atoms with Gasteiger partial charge in [0.2, 0.25) is 0 Å². The second-order valence-electron chi connectivity index (χ2n) is 5.62. The minimum Gasteiger partial charge on any atom is -0.481 e. The molecule has 1 heterocycles. The van der Waals surface area contributed by atoms with Crippen LogP contribution >= 0.6 is 0 Å². The van der Waals surface area contributed by atoms with Gasteiger partial charge in [0, 0.05) is 13.1 Å². The Labute approximate surface area is 112 Å². The summed E-state index contributed by atoms with van der Waals surface area (Å²) in [6, 6.07) is -0.367. The molecule has 19 heavy (non-hydrogen) atoms. The molecule has 6 nitrogen and oxygen atoms in total. The number of aliphatic carboxylic acids is 1. The molecule has 0 radical (unpaired) electrons. The first kappa shape index (κ1) is 14.1. The maximum Gasteiger partial charge on any atom is 0.317 e. The molecule has 0 aromatic carbocycles. The molecule has 0 spiro atoms. The van der Waals surface area contributed by atoms with Crippen LogP contribution in [0.3, 0.4) is 0 Å². The van der Waals surface area contributed by atoms with E-state index in [1.807, 2.05) is 0 Å². The Bertz CT molecular complexity index is 353. The number of likely N-dealkylation sites (tertiary alicyclic amines) is 1. The second kappa shape index (κ2) is 5.77. The molecule has 108 valence electrons. The largest absolute Gasteiger partial charge is 0.481 e. The van der Waals surface area contributed by atoms with Gasteiger partial charge in [-0.1, -0.05) is 12.8 Å². The molecule has 0 bridgehead atoms. The van der Waals surface area contributed by atoms with Gasteiger partial charge >= 0.3 is 12.0 Å². The van der Waals surface area contributed by atoms with Crippen molar-refractivity contribution in [1.82, 2.24) is 10.2 Å². The summed E-state index contributed by atoms with van der Waals surface area (Å²) < 4.78 is 0. The number of carbonyl (C=O) groups is 2. The minimum absolute atomic E-state index is 0.0303. The SMILES string of the molecule is O=C(NCC1(C(=O)O)CCCC1)N1CCCC1CO. The van der Waals surface area contributed by atoms with Gasteiger partial charge in [-0.05, 0) is 25.7 Å². The van der Waals surface area contributed by atoms with Gasteiger partial charge in [-0.3, -0.25) is 4.79 Å². The van der Waals surface area contributed by atoms with Gasteiger partial charge in [-0.2, -0.15) is 0 Å². The van der Waals surface area contributed by atoms with Crippen LogP contribution in [-0.4, -0.2) is 52.9 Å². The van der Waals surface area contributed by atoms with Crippen molar-refractivity contribution in [2.75, 3.05) is 19.7 Å². The number of nitrogens with one attached hydrogen (secondary N) is 1. The number of amides is 2. The Morgan fingerprint density at radius 2 is 1.95 bits per heavy atom. The van der Waals surface area contributed by atoms with Crippen LogP contribution in [0.4, 0.5) is 4.79 Å². The van der Waals surface area contributed by atoms with Gasteiger partial charge in [0.25, 0.3) is 0 Å². The van der Waals surface area contributed by atoms with E-state index in [1.54, 1.807) is 4.90 Å². The van der Waals surface area contributed by atoms with Gasteiger partial charge in [0.05, 0.1) is 18.1 Å². The number of aliphatic hydroxyl groups is 1. The summed E-state index contributed by atoms with van der Waals surface area (Å²) in [5.41, 5.74) is -0.788. The molecule has 1 aliphatic carbocycles. The highest BCUT2D eigenvalue weighted by Crippen LogP contribution is 2.37. The smallest absolute Gasteiger partial charge is 0.317 e. The normalized spacial score (nSPS) is 25.5. The van der Waals surface area contributed by atoms with Crippen LogP contribution in [0.25, 0.3) is 0 Å². The molecule has 1 saturated carbocycles. The zero-order valence-electron chi connectivity index (χ0n) is 11.1. The first-order chi connectivity index (χ1) is 9.09. The maximum absolute atomic E-state index is 12.0. The highest BCUT2D eigenvalue weighted by atomic mass is 16.4. The molecule has 1 unspecified atom stereocenters. The number of carboxylic acid groups (broad SMARTS) is 1. The average Bonchev–Trinajstić information content (AvgIpc) is 3.05. The molecule has 1 saturated heterocycles. The van der Waals surface area contributed by atoms with Crippen LogP contribution < -0.4 is 5.32 Å². The van der Waals surface area contributed by atoms with Gasteiger partial charge in [-0.25, -0.2) is 4.79 Å². The van der Waals surface area contributed by atoms with E-state index in [4.69, 9.17) is 0 Å². The van der Waals surface area contributed by atoms with E-state index in [0.29, 0.717) is 19.4 Å². The lowest BCUT2D eigenvalue weighted by molar-refractivity contribution is -0.148. The lowest BCUT2D eigenvalue weighted by Crippen LogP contribution is -2.48. The van der Waals surface area contributed by atoms with Crippen molar-refractivity contribution in [2.45, 2.75) is 44.6 Å². The Morgan fingerprint density at radius 1 is 1.26 bits per heavy atom. The zero-order valence-corrected chi connectivity index (χ0v) is 11.1. The fourth-order valence-electron chi connectivity index (χ4n) is 3.16. The molecule has 0 aromatic rings. The maximum atomic E-state index is 12.0. The fraction of sp³-hybridized carbons (Fsp3) is 0.846. The summed E-state index contributed by atoms with van der Waals surface area (Å²) in [5.74, 6) is -0.814. The molecule has 1 atom stereocenters. The summed E-state index contributed by atoms with van der Waals surface area (Å²) in [6.45, 7) is 0.796. The van der Waals surface area contributed by atoms with E-state index < -0.39 is 11.4 Å². The van der Waals surface area contributed by atoms with Crippen molar-refractivity contribution in [2.24, 2.45) is 5.41 Å². The highest BCUT2D eigenvalue weighted by molar-refractivity contribution is 5.78. The molecule has 2 rings (SSSR count). The number of hydrogen-bond acceptors (Lipinski definition) is 3. The summed E-state index contributed by atoms with van der Waals surface area (Å²) >= 11 is 0. The lowest BCUT2D eigenvalue weighted by atomic mass is 9.86. The predicted octanol–water partition coefficient (Wildman–Crippen LogP) is 0.798. The van der Waals surface area contributed by atoms with Crippen molar-refractivity contribution in [1.29, 1.82) is 0 Å². The molecule has 2 amide bonds. The van der Waals surface area contributed by atoms with Crippen molar-refractivity contribution in [3.05, 3.63) is 0 Å². The molecular formula is C13H22N2O4. The first-order valence-corrected chi connectivity index (χ1v) is 6.98. The topological polar surface area (TPSA) is 89.9 Å². The number of aliphatic hydroxyl groups excluding tert-OH is 1.